The van der Waals surface area contributed by atoms with Crippen LogP contribution >= 0.6 is 0 Å². The maximum Gasteiger partial charge on any atom is 0.268 e. The number of pyridine rings is 1. The molecule has 0 aliphatic heterocycles. The van der Waals surface area contributed by atoms with E-state index in [-0.39, 0.29) is 53.6 Å². The molecule has 0 radical (unpaired) electrons. The second kappa shape index (κ2) is 20.0. The van der Waals surface area contributed by atoms with Gasteiger partial charge in [0.05, 0.1) is 16.7 Å². The second-order valence-electron chi connectivity index (χ2n) is 27.6. The average Bonchev–Trinajstić information content (AvgIpc) is 4.11. The van der Waals surface area contributed by atoms with E-state index in [1.807, 2.05) is 24.4 Å². The van der Waals surface area contributed by atoms with Gasteiger partial charge in [-0.1, -0.05) is 221 Å². The largest absolute Gasteiger partial charge is 0.510 e. The molecule has 0 saturated carbocycles. The molecule has 78 heavy (non-hydrogen) atoms. The number of hydrogen-bond donors (Lipinski definition) is 0. The Kier molecular flexibility index (Phi) is 14.4. The van der Waals surface area contributed by atoms with Crippen molar-refractivity contribution in [3.63, 3.8) is 0 Å². The molecule has 10 aromatic rings. The van der Waals surface area contributed by atoms with Crippen LogP contribution < -0.4 is 9.30 Å². The van der Waals surface area contributed by atoms with Gasteiger partial charge in [-0.15, -0.1) is 29.7 Å². The molecule has 5 nitrogen and oxygen atoms in total. The standard InChI is InChI=1S/C72H78N4O.Pt/c1-67(2,3)48-32-33-73-65(42-48)76-61-27-20-19-26-57(61)58-31-30-56(44-64(58)76)77-55-25-23-24-54(43-55)74-45-75(63-29-22-21-28-62(63)74)66-59(46-34-49(68(4,5)6)38-50(35-46)69(7,8)9)40-53(72(16,17)18)41-60(66)47-36-51(70(10,11)12)39-52(37-47)71(13,14)15;/h19-42H,1-18H3;/q-2;. The number of rotatable bonds is 7. The maximum atomic E-state index is 6.79. The summed E-state index contributed by atoms with van der Waals surface area (Å²) in [6, 6.07) is 58.6. The minimum atomic E-state index is -0.157. The molecular weight excluding hydrogens is 1130 g/mol. The number of ether oxygens (including phenoxy) is 1. The number of nitrogens with zero attached hydrogens (tertiary/aromatic N) is 4. The molecule has 3 heterocycles. The van der Waals surface area contributed by atoms with Crippen LogP contribution in [0.5, 0.6) is 11.5 Å². The zero-order chi connectivity index (χ0) is 55.4. The molecule has 6 heteroatoms. The summed E-state index contributed by atoms with van der Waals surface area (Å²) in [7, 11) is 0. The monoisotopic (exact) mass is 1210 g/mol. The Labute approximate surface area is 480 Å². The van der Waals surface area contributed by atoms with Crippen LogP contribution in [0.4, 0.5) is 0 Å². The fourth-order valence-electron chi connectivity index (χ4n) is 10.4. The summed E-state index contributed by atoms with van der Waals surface area (Å²) >= 11 is 0. The normalized spacial score (nSPS) is 12.9. The average molecular weight is 1210 g/mol. The van der Waals surface area contributed by atoms with Crippen molar-refractivity contribution in [3.05, 3.63) is 198 Å². The van der Waals surface area contributed by atoms with Crippen molar-refractivity contribution in [2.45, 2.75) is 157 Å². The van der Waals surface area contributed by atoms with Gasteiger partial charge in [0.15, 0.2) is 0 Å². The fraction of sp³-hybridized carbons (Fsp3) is 0.333. The van der Waals surface area contributed by atoms with Gasteiger partial charge in [0.1, 0.15) is 5.82 Å². The fourth-order valence-corrected chi connectivity index (χ4v) is 10.4. The summed E-state index contributed by atoms with van der Waals surface area (Å²) in [6.07, 6.45) is 5.89. The summed E-state index contributed by atoms with van der Waals surface area (Å²) in [5, 5.41) is 2.22. The van der Waals surface area contributed by atoms with E-state index in [9.17, 15) is 0 Å². The van der Waals surface area contributed by atoms with Crippen LogP contribution in [0, 0.1) is 18.5 Å². The number of para-hydroxylation sites is 3. The molecule has 0 fully saturated rings. The molecule has 0 aliphatic rings. The third-order valence-corrected chi connectivity index (χ3v) is 15.3. The first kappa shape index (κ1) is 56.2. The van der Waals surface area contributed by atoms with Gasteiger partial charge in [0.2, 0.25) is 0 Å². The number of benzene rings is 7. The summed E-state index contributed by atoms with van der Waals surface area (Å²) in [5.74, 6) is 2.01. The molecule has 0 amide bonds. The van der Waals surface area contributed by atoms with Crippen LogP contribution in [0.3, 0.4) is 0 Å². The predicted octanol–water partition coefficient (Wildman–Crippen LogP) is 18.7. The van der Waals surface area contributed by atoms with Crippen LogP contribution in [-0.4, -0.2) is 14.1 Å². The van der Waals surface area contributed by atoms with E-state index < -0.39 is 0 Å². The Morgan fingerprint density at radius 1 is 0.436 bits per heavy atom. The van der Waals surface area contributed by atoms with E-state index in [1.54, 1.807) is 0 Å². The topological polar surface area (TPSA) is 35.9 Å². The predicted molar refractivity (Wildman–Crippen MR) is 323 cm³/mol. The van der Waals surface area contributed by atoms with Gasteiger partial charge >= 0.3 is 0 Å². The second-order valence-corrected chi connectivity index (χ2v) is 27.6. The van der Waals surface area contributed by atoms with Crippen molar-refractivity contribution in [1.29, 1.82) is 0 Å². The molecule has 0 unspecified atom stereocenters. The number of imidazole rings is 1. The van der Waals surface area contributed by atoms with E-state index in [0.717, 1.165) is 61.2 Å². The number of fused-ring (bicyclic) bond motifs is 4. The van der Waals surface area contributed by atoms with Gasteiger partial charge in [-0.25, -0.2) is 4.98 Å². The molecule has 0 atom stereocenters. The van der Waals surface area contributed by atoms with Gasteiger partial charge in [0.25, 0.3) is 6.33 Å². The van der Waals surface area contributed by atoms with Crippen LogP contribution in [0.2, 0.25) is 0 Å². The van der Waals surface area contributed by atoms with E-state index in [1.165, 1.54) is 44.5 Å². The van der Waals surface area contributed by atoms with Crippen molar-refractivity contribution >= 4 is 32.8 Å². The zero-order valence-corrected chi connectivity index (χ0v) is 51.6. The molecule has 7 aromatic carbocycles. The first-order chi connectivity index (χ1) is 35.9. The Morgan fingerprint density at radius 3 is 1.46 bits per heavy atom. The third-order valence-electron chi connectivity index (χ3n) is 15.3. The van der Waals surface area contributed by atoms with E-state index >= 15 is 0 Å². The van der Waals surface area contributed by atoms with Crippen LogP contribution in [-0.2, 0) is 53.6 Å². The first-order valence-electron chi connectivity index (χ1n) is 27.5. The van der Waals surface area contributed by atoms with Gasteiger partial charge in [0, 0.05) is 44.3 Å². The minimum absolute atomic E-state index is 0. The Bertz CT molecular complexity index is 3740. The molecule has 0 N–H and O–H groups in total. The molecule has 0 spiro atoms. The van der Waals surface area contributed by atoms with Crippen molar-refractivity contribution in [1.82, 2.24) is 14.1 Å². The minimum Gasteiger partial charge on any atom is -0.510 e. The van der Waals surface area contributed by atoms with Gasteiger partial charge in [-0.2, -0.15) is 18.2 Å². The summed E-state index contributed by atoms with van der Waals surface area (Å²) in [6.45, 7) is 41.6. The SMILES string of the molecule is CC(C)(C)c1cc(-c2cc(C(C)(C)C)cc(-c3cc(C(C)(C)C)cc(C(C)(C)C)c3)c2-[n+]2[c-]n(-c3[c-]c(Oc4[c-]c5c(cc4)c4ccccc4n5-c4cc(C(C)(C)C)ccn4)ccc3)c3ccccc32)cc(C(C)(C)C)c1.[Pt]. The molecule has 0 saturated heterocycles. The Morgan fingerprint density at radius 2 is 0.923 bits per heavy atom. The summed E-state index contributed by atoms with van der Waals surface area (Å²) in [4.78, 5) is 4.90. The Balaban J connectivity index is 0.00000740. The molecule has 0 aliphatic carbocycles. The summed E-state index contributed by atoms with van der Waals surface area (Å²) < 4.78 is 13.5. The molecule has 0 bridgehead atoms. The van der Waals surface area contributed by atoms with Gasteiger partial charge in [-0.3, -0.25) is 4.57 Å². The van der Waals surface area contributed by atoms with Crippen molar-refractivity contribution in [3.8, 4) is 50.9 Å². The molecule has 3 aromatic heterocycles. The van der Waals surface area contributed by atoms with Crippen molar-refractivity contribution in [2.75, 3.05) is 0 Å². The number of aromatic nitrogens is 4. The van der Waals surface area contributed by atoms with Crippen molar-refractivity contribution in [2.24, 2.45) is 0 Å². The molecular formula is C72H78N4OPt-2. The van der Waals surface area contributed by atoms with Crippen LogP contribution in [0.1, 0.15) is 158 Å². The summed E-state index contributed by atoms with van der Waals surface area (Å²) in [5.41, 5.74) is 17.8. The molecule has 10 rings (SSSR count). The quantitative estimate of drug-likeness (QED) is 0.118. The molecule has 404 valence electrons. The van der Waals surface area contributed by atoms with Gasteiger partial charge < -0.3 is 13.9 Å². The van der Waals surface area contributed by atoms with Crippen molar-refractivity contribution < 1.29 is 30.4 Å². The zero-order valence-electron chi connectivity index (χ0n) is 49.4. The number of hydrogen-bond acceptors (Lipinski definition) is 2. The smallest absolute Gasteiger partial charge is 0.268 e. The van der Waals surface area contributed by atoms with E-state index in [4.69, 9.17) is 9.72 Å². The van der Waals surface area contributed by atoms with Gasteiger partial charge in [-0.05, 0) is 117 Å². The van der Waals surface area contributed by atoms with Crippen LogP contribution in [0.15, 0.2) is 146 Å². The van der Waals surface area contributed by atoms with E-state index in [2.05, 4.69) is 278 Å². The first-order valence-corrected chi connectivity index (χ1v) is 27.5. The maximum absolute atomic E-state index is 6.79. The van der Waals surface area contributed by atoms with E-state index in [0.29, 0.717) is 11.5 Å². The third kappa shape index (κ3) is 10.9. The van der Waals surface area contributed by atoms with Crippen LogP contribution in [0.25, 0.3) is 72.3 Å². The Hall–Kier alpha value is -6.55.